The van der Waals surface area contributed by atoms with Crippen molar-refractivity contribution in [2.75, 3.05) is 12.4 Å². The van der Waals surface area contributed by atoms with Crippen molar-refractivity contribution in [3.8, 4) is 5.75 Å². The number of carbonyl (C=O) groups excluding carboxylic acids is 3. The lowest BCUT2D eigenvalue weighted by atomic mass is 9.95. The lowest BCUT2D eigenvalue weighted by Crippen LogP contribution is -2.27. The maximum atomic E-state index is 13.7. The number of Topliss-reactive ketones (excluding diaryl/α,β-unsaturated/α-hetero) is 1. The third-order valence-corrected chi connectivity index (χ3v) is 4.15. The SMILES string of the molecule is COc1ccc(C(=O)O[C@@H](C)C(=O)c2ccc(NC(=O)C(C)(C)C)cc2)cc1F. The minimum atomic E-state index is -1.07. The first kappa shape index (κ1) is 22.1. The van der Waals surface area contributed by atoms with Gasteiger partial charge < -0.3 is 14.8 Å². The van der Waals surface area contributed by atoms with Crippen LogP contribution in [0.1, 0.15) is 48.4 Å². The number of amides is 1. The molecule has 0 aliphatic heterocycles. The number of halogens is 1. The molecule has 7 heteroatoms. The van der Waals surface area contributed by atoms with E-state index in [9.17, 15) is 18.8 Å². The fraction of sp³-hybridized carbons (Fsp3) is 0.318. The van der Waals surface area contributed by atoms with Gasteiger partial charge in [0.1, 0.15) is 0 Å². The number of hydrogen-bond donors (Lipinski definition) is 1. The highest BCUT2D eigenvalue weighted by Crippen LogP contribution is 2.20. The normalized spacial score (nSPS) is 12.1. The van der Waals surface area contributed by atoms with Crippen LogP contribution in [-0.2, 0) is 9.53 Å². The number of anilines is 1. The largest absolute Gasteiger partial charge is 0.494 e. The average molecular weight is 401 g/mol. The zero-order valence-electron chi connectivity index (χ0n) is 17.0. The van der Waals surface area contributed by atoms with Gasteiger partial charge in [-0.3, -0.25) is 9.59 Å². The van der Waals surface area contributed by atoms with E-state index >= 15 is 0 Å². The van der Waals surface area contributed by atoms with Crippen LogP contribution in [0.2, 0.25) is 0 Å². The fourth-order valence-corrected chi connectivity index (χ4v) is 2.35. The van der Waals surface area contributed by atoms with E-state index in [-0.39, 0.29) is 17.2 Å². The summed E-state index contributed by atoms with van der Waals surface area (Å²) in [4.78, 5) is 36.7. The highest BCUT2D eigenvalue weighted by molar-refractivity contribution is 6.02. The number of hydrogen-bond acceptors (Lipinski definition) is 5. The Morgan fingerprint density at radius 3 is 2.10 bits per heavy atom. The maximum absolute atomic E-state index is 13.7. The Kier molecular flexibility index (Phi) is 6.74. The van der Waals surface area contributed by atoms with Crippen LogP contribution >= 0.6 is 0 Å². The quantitative estimate of drug-likeness (QED) is 0.578. The van der Waals surface area contributed by atoms with E-state index in [1.165, 1.54) is 38.3 Å². The van der Waals surface area contributed by atoms with Gasteiger partial charge in [0.05, 0.1) is 12.7 Å². The van der Waals surface area contributed by atoms with Crippen LogP contribution in [-0.4, -0.2) is 30.9 Å². The zero-order chi connectivity index (χ0) is 21.8. The predicted molar refractivity (Wildman–Crippen MR) is 107 cm³/mol. The first-order chi connectivity index (χ1) is 13.5. The number of rotatable bonds is 6. The van der Waals surface area contributed by atoms with Gasteiger partial charge in [-0.25, -0.2) is 9.18 Å². The summed E-state index contributed by atoms with van der Waals surface area (Å²) in [6.07, 6.45) is -1.07. The summed E-state index contributed by atoms with van der Waals surface area (Å²) >= 11 is 0. The number of ether oxygens (including phenoxy) is 2. The summed E-state index contributed by atoms with van der Waals surface area (Å²) in [6.45, 7) is 6.83. The standard InChI is InChI=1S/C22H24FNO5/c1-13(29-20(26)15-8-11-18(28-5)17(23)12-15)19(25)14-6-9-16(10-7-14)24-21(27)22(2,3)4/h6-13H,1-5H3,(H,24,27)/t13-/m0/s1. The number of ketones is 1. The molecule has 0 saturated heterocycles. The molecule has 0 spiro atoms. The van der Waals surface area contributed by atoms with Gasteiger partial charge >= 0.3 is 5.97 Å². The molecule has 0 aliphatic rings. The topological polar surface area (TPSA) is 81.7 Å². The van der Waals surface area contributed by atoms with Crippen LogP contribution in [0.4, 0.5) is 10.1 Å². The average Bonchev–Trinajstić information content (AvgIpc) is 2.67. The van der Waals surface area contributed by atoms with Crippen LogP contribution in [0.3, 0.4) is 0 Å². The minimum Gasteiger partial charge on any atom is -0.494 e. The van der Waals surface area contributed by atoms with Gasteiger partial charge in [-0.2, -0.15) is 0 Å². The van der Waals surface area contributed by atoms with E-state index in [0.29, 0.717) is 11.3 Å². The first-order valence-corrected chi connectivity index (χ1v) is 9.03. The molecule has 2 aromatic carbocycles. The Labute approximate surface area is 169 Å². The molecule has 1 amide bonds. The lowest BCUT2D eigenvalue weighted by molar-refractivity contribution is -0.123. The Hall–Kier alpha value is -3.22. The van der Waals surface area contributed by atoms with Crippen molar-refractivity contribution in [3.63, 3.8) is 0 Å². The van der Waals surface area contributed by atoms with E-state index in [0.717, 1.165) is 6.07 Å². The second-order valence-corrected chi connectivity index (χ2v) is 7.54. The molecule has 0 radical (unpaired) electrons. The molecule has 1 N–H and O–H groups in total. The van der Waals surface area contributed by atoms with Crippen LogP contribution < -0.4 is 10.1 Å². The maximum Gasteiger partial charge on any atom is 0.338 e. The van der Waals surface area contributed by atoms with Crippen molar-refractivity contribution < 1.29 is 28.2 Å². The van der Waals surface area contributed by atoms with E-state index in [1.807, 2.05) is 0 Å². The number of methoxy groups -OCH3 is 1. The summed E-state index contributed by atoms with van der Waals surface area (Å²) in [5.74, 6) is -2.08. The van der Waals surface area contributed by atoms with Crippen molar-refractivity contribution in [2.45, 2.75) is 33.8 Å². The summed E-state index contributed by atoms with van der Waals surface area (Å²) in [6, 6.07) is 9.94. The van der Waals surface area contributed by atoms with Crippen molar-refractivity contribution in [3.05, 3.63) is 59.4 Å². The number of nitrogens with one attached hydrogen (secondary N) is 1. The molecule has 6 nitrogen and oxygen atoms in total. The van der Waals surface area contributed by atoms with E-state index in [4.69, 9.17) is 9.47 Å². The van der Waals surface area contributed by atoms with E-state index < -0.39 is 29.1 Å². The van der Waals surface area contributed by atoms with Gasteiger partial charge in [-0.1, -0.05) is 20.8 Å². The molecular formula is C22H24FNO5. The molecule has 0 saturated carbocycles. The Morgan fingerprint density at radius 2 is 1.59 bits per heavy atom. The van der Waals surface area contributed by atoms with Gasteiger partial charge in [0, 0.05) is 16.7 Å². The van der Waals surface area contributed by atoms with Gasteiger partial charge in [0.25, 0.3) is 0 Å². The molecule has 1 atom stereocenters. The molecule has 0 heterocycles. The minimum absolute atomic E-state index is 0.00400. The molecule has 0 fully saturated rings. The monoisotopic (exact) mass is 401 g/mol. The summed E-state index contributed by atoms with van der Waals surface area (Å²) < 4.78 is 23.7. The molecular weight excluding hydrogens is 377 g/mol. The van der Waals surface area contributed by atoms with Crippen molar-refractivity contribution in [1.82, 2.24) is 0 Å². The van der Waals surface area contributed by atoms with Gasteiger partial charge in [0.15, 0.2) is 17.7 Å². The highest BCUT2D eigenvalue weighted by atomic mass is 19.1. The molecule has 0 aromatic heterocycles. The Balaban J connectivity index is 2.03. The van der Waals surface area contributed by atoms with E-state index in [1.54, 1.807) is 32.9 Å². The third kappa shape index (κ3) is 5.63. The molecule has 0 aliphatic carbocycles. The summed E-state index contributed by atoms with van der Waals surface area (Å²) in [7, 11) is 1.32. The molecule has 2 aromatic rings. The van der Waals surface area contributed by atoms with Crippen LogP contribution in [0.5, 0.6) is 5.75 Å². The molecule has 0 unspecified atom stereocenters. The van der Waals surface area contributed by atoms with Crippen LogP contribution in [0.25, 0.3) is 0 Å². The lowest BCUT2D eigenvalue weighted by Gasteiger charge is -2.18. The van der Waals surface area contributed by atoms with E-state index in [2.05, 4.69) is 5.32 Å². The van der Waals surface area contributed by atoms with Gasteiger partial charge in [0.2, 0.25) is 11.7 Å². The van der Waals surface area contributed by atoms with Crippen molar-refractivity contribution >= 4 is 23.3 Å². The Morgan fingerprint density at radius 1 is 1.00 bits per heavy atom. The van der Waals surface area contributed by atoms with Crippen LogP contribution in [0, 0.1) is 11.2 Å². The number of carbonyl (C=O) groups is 3. The number of benzene rings is 2. The molecule has 154 valence electrons. The number of esters is 1. The zero-order valence-corrected chi connectivity index (χ0v) is 17.0. The summed E-state index contributed by atoms with van der Waals surface area (Å²) in [5.41, 5.74) is 0.306. The highest BCUT2D eigenvalue weighted by Gasteiger charge is 2.23. The fourth-order valence-electron chi connectivity index (χ4n) is 2.35. The summed E-state index contributed by atoms with van der Waals surface area (Å²) in [5, 5.41) is 2.76. The second kappa shape index (κ2) is 8.86. The first-order valence-electron chi connectivity index (χ1n) is 9.03. The van der Waals surface area contributed by atoms with Gasteiger partial charge in [-0.15, -0.1) is 0 Å². The molecule has 2 rings (SSSR count). The third-order valence-electron chi connectivity index (χ3n) is 4.15. The smallest absolute Gasteiger partial charge is 0.338 e. The van der Waals surface area contributed by atoms with Crippen molar-refractivity contribution in [1.29, 1.82) is 0 Å². The van der Waals surface area contributed by atoms with Gasteiger partial charge in [-0.05, 0) is 49.4 Å². The second-order valence-electron chi connectivity index (χ2n) is 7.54. The van der Waals surface area contributed by atoms with Crippen LogP contribution in [0.15, 0.2) is 42.5 Å². The molecule has 0 bridgehead atoms. The van der Waals surface area contributed by atoms with Crippen molar-refractivity contribution in [2.24, 2.45) is 5.41 Å². The predicted octanol–water partition coefficient (Wildman–Crippen LogP) is 4.25. The Bertz CT molecular complexity index is 916. The molecule has 29 heavy (non-hydrogen) atoms.